The van der Waals surface area contributed by atoms with E-state index < -0.39 is 84.5 Å². The first-order chi connectivity index (χ1) is 24.0. The fraction of sp³-hybridized carbons (Fsp3) is 0.838. The lowest BCUT2D eigenvalue weighted by atomic mass is 9.97. The summed E-state index contributed by atoms with van der Waals surface area (Å²) in [6.45, 7) is 13.7. The number of esters is 1. The van der Waals surface area contributed by atoms with Gasteiger partial charge >= 0.3 is 5.97 Å². The van der Waals surface area contributed by atoms with Gasteiger partial charge in [-0.2, -0.15) is 0 Å². The Labute approximate surface area is 304 Å². The van der Waals surface area contributed by atoms with Gasteiger partial charge in [-0.3, -0.25) is 24.0 Å². The van der Waals surface area contributed by atoms with Crippen LogP contribution in [0.5, 0.6) is 0 Å². The number of hydrogen-bond donors (Lipinski definition) is 7. The molecular formula is C37H67N5O9. The maximum Gasteiger partial charge on any atom is 0.329 e. The van der Waals surface area contributed by atoms with Crippen LogP contribution in [0.1, 0.15) is 132 Å². The number of hydrogen-bond acceptors (Lipinski definition) is 9. The lowest BCUT2D eigenvalue weighted by Crippen LogP contribution is -2.62. The van der Waals surface area contributed by atoms with E-state index in [1.54, 1.807) is 6.92 Å². The number of amides is 5. The highest BCUT2D eigenvalue weighted by Crippen LogP contribution is 2.18. The Kier molecular flexibility index (Phi) is 21.6. The summed E-state index contributed by atoms with van der Waals surface area (Å²) in [7, 11) is 0. The van der Waals surface area contributed by atoms with Crippen LogP contribution in [0.2, 0.25) is 0 Å². The van der Waals surface area contributed by atoms with Gasteiger partial charge < -0.3 is 41.5 Å². The molecule has 8 atom stereocenters. The summed E-state index contributed by atoms with van der Waals surface area (Å²) < 4.78 is 5.97. The highest BCUT2D eigenvalue weighted by Gasteiger charge is 2.37. The predicted octanol–water partition coefficient (Wildman–Crippen LogP) is 2.38. The fourth-order valence-electron chi connectivity index (χ4n) is 5.95. The van der Waals surface area contributed by atoms with Crippen molar-refractivity contribution in [3.63, 3.8) is 0 Å². The van der Waals surface area contributed by atoms with Crippen molar-refractivity contribution >= 4 is 35.5 Å². The van der Waals surface area contributed by atoms with Crippen LogP contribution in [0.4, 0.5) is 0 Å². The van der Waals surface area contributed by atoms with E-state index in [0.717, 1.165) is 32.1 Å². The molecule has 5 amide bonds. The molecule has 0 saturated carbocycles. The van der Waals surface area contributed by atoms with E-state index in [1.165, 1.54) is 13.3 Å². The van der Waals surface area contributed by atoms with Crippen molar-refractivity contribution in [2.24, 2.45) is 17.8 Å². The third kappa shape index (κ3) is 17.2. The fourth-order valence-corrected chi connectivity index (χ4v) is 5.95. The quantitative estimate of drug-likeness (QED) is 0.0918. The van der Waals surface area contributed by atoms with Crippen LogP contribution in [-0.4, -0.2) is 94.7 Å². The zero-order valence-electron chi connectivity index (χ0n) is 32.2. The second kappa shape index (κ2) is 24.1. The van der Waals surface area contributed by atoms with Gasteiger partial charge in [0.15, 0.2) is 0 Å². The van der Waals surface area contributed by atoms with E-state index >= 15 is 0 Å². The Balaban J connectivity index is 3.59. The number of nitrogens with one attached hydrogen (secondary N) is 5. The van der Waals surface area contributed by atoms with E-state index in [1.807, 2.05) is 34.6 Å². The second-order valence-electron chi connectivity index (χ2n) is 15.0. The van der Waals surface area contributed by atoms with Crippen molar-refractivity contribution in [1.29, 1.82) is 0 Å². The number of unbranched alkanes of at least 4 members (excludes halogenated alkanes) is 6. The Morgan fingerprint density at radius 3 is 1.67 bits per heavy atom. The van der Waals surface area contributed by atoms with Gasteiger partial charge in [-0.05, 0) is 50.4 Å². The van der Waals surface area contributed by atoms with Crippen molar-refractivity contribution in [3.8, 4) is 0 Å². The van der Waals surface area contributed by atoms with Gasteiger partial charge in [-0.15, -0.1) is 0 Å². The molecule has 1 heterocycles. The van der Waals surface area contributed by atoms with Crippen molar-refractivity contribution in [2.75, 3.05) is 6.61 Å². The first kappa shape index (κ1) is 45.8. The summed E-state index contributed by atoms with van der Waals surface area (Å²) in [5.41, 5.74) is 0. The number of aliphatic hydroxyl groups excluding tert-OH is 2. The summed E-state index contributed by atoms with van der Waals surface area (Å²) in [5, 5.41) is 33.4. The molecule has 0 radical (unpaired) electrons. The lowest BCUT2D eigenvalue weighted by molar-refractivity contribution is -0.156. The smallest absolute Gasteiger partial charge is 0.329 e. The topological polar surface area (TPSA) is 212 Å². The van der Waals surface area contributed by atoms with Gasteiger partial charge in [-0.1, -0.05) is 93.4 Å². The van der Waals surface area contributed by atoms with E-state index in [0.29, 0.717) is 19.3 Å². The maximum atomic E-state index is 13.8. The van der Waals surface area contributed by atoms with Gasteiger partial charge in [0.05, 0.1) is 19.1 Å². The van der Waals surface area contributed by atoms with E-state index in [-0.39, 0.29) is 37.0 Å². The minimum Gasteiger partial charge on any atom is -0.460 e. The molecule has 51 heavy (non-hydrogen) atoms. The van der Waals surface area contributed by atoms with E-state index in [2.05, 4.69) is 33.5 Å². The van der Waals surface area contributed by atoms with Gasteiger partial charge in [0.25, 0.3) is 0 Å². The van der Waals surface area contributed by atoms with Crippen LogP contribution in [0.15, 0.2) is 0 Å². The van der Waals surface area contributed by atoms with Gasteiger partial charge in [0.1, 0.15) is 36.3 Å². The van der Waals surface area contributed by atoms with Gasteiger partial charge in [0, 0.05) is 0 Å². The van der Waals surface area contributed by atoms with Gasteiger partial charge in [0.2, 0.25) is 29.5 Å². The standard InChI is InChI=1S/C37H67N5O9/c1-9-11-12-13-14-15-16-17-26-20-30(45)38-27(18-22(3)4)33(46)40-29(21-43)35(48)42-32(25(8)44)36(49)39-28(19-23(5)6)34(47)41-31(24(7)10-2)37(50)51-26/h22-29,31-32,43-44H,9-21H2,1-8H3,(H,38,45)(H,39,49)(H,40,46)(H,41,47)(H,42,48)/t24-,25+,26?,27+,28+,29?,31?,32-/m0/s1. The minimum atomic E-state index is -1.55. The Morgan fingerprint density at radius 1 is 0.647 bits per heavy atom. The normalized spacial score (nSPS) is 26.1. The average Bonchev–Trinajstić information content (AvgIpc) is 3.05. The van der Waals surface area contributed by atoms with E-state index in [9.17, 15) is 39.0 Å². The molecule has 14 nitrogen and oxygen atoms in total. The van der Waals surface area contributed by atoms with Crippen LogP contribution in [-0.2, 0) is 33.5 Å². The number of ether oxygens (including phenoxy) is 1. The molecule has 1 rings (SSSR count). The van der Waals surface area contributed by atoms with Crippen molar-refractivity contribution in [2.45, 2.75) is 175 Å². The summed E-state index contributed by atoms with van der Waals surface area (Å²) >= 11 is 0. The molecule has 0 aromatic carbocycles. The molecule has 3 unspecified atom stereocenters. The Bertz CT molecular complexity index is 1120. The molecule has 1 fully saturated rings. The molecule has 294 valence electrons. The monoisotopic (exact) mass is 725 g/mol. The van der Waals surface area contributed by atoms with Crippen molar-refractivity contribution in [1.82, 2.24) is 26.6 Å². The summed E-state index contributed by atoms with van der Waals surface area (Å²) in [6, 6.07) is -6.39. The molecule has 7 N–H and O–H groups in total. The largest absolute Gasteiger partial charge is 0.460 e. The Morgan fingerprint density at radius 2 is 1.14 bits per heavy atom. The molecular weight excluding hydrogens is 658 g/mol. The van der Waals surface area contributed by atoms with Crippen LogP contribution in [0.3, 0.4) is 0 Å². The zero-order valence-corrected chi connectivity index (χ0v) is 32.2. The van der Waals surface area contributed by atoms with Gasteiger partial charge in [-0.25, -0.2) is 4.79 Å². The maximum absolute atomic E-state index is 13.8. The molecule has 0 aromatic heterocycles. The third-order valence-corrected chi connectivity index (χ3v) is 9.17. The Hall–Kier alpha value is -3.26. The van der Waals surface area contributed by atoms with Crippen LogP contribution < -0.4 is 26.6 Å². The number of rotatable bonds is 16. The summed E-state index contributed by atoms with van der Waals surface area (Å²) in [6.07, 6.45) is 5.93. The molecule has 1 aliphatic rings. The highest BCUT2D eigenvalue weighted by atomic mass is 16.5. The zero-order chi connectivity index (χ0) is 38.7. The average molecular weight is 726 g/mol. The minimum absolute atomic E-state index is 0.0487. The highest BCUT2D eigenvalue weighted by molar-refractivity contribution is 5.96. The molecule has 0 aromatic rings. The molecule has 1 saturated heterocycles. The number of aliphatic hydroxyl groups is 2. The van der Waals surface area contributed by atoms with Crippen molar-refractivity contribution < 1.29 is 43.7 Å². The summed E-state index contributed by atoms with van der Waals surface area (Å²) in [5.74, 6) is -4.93. The molecule has 14 heteroatoms. The van der Waals surface area contributed by atoms with Crippen LogP contribution in [0, 0.1) is 17.8 Å². The molecule has 0 aliphatic carbocycles. The second-order valence-corrected chi connectivity index (χ2v) is 15.0. The number of cyclic esters (lactones) is 1. The van der Waals surface area contributed by atoms with Crippen LogP contribution >= 0.6 is 0 Å². The lowest BCUT2D eigenvalue weighted by Gasteiger charge is -2.29. The first-order valence-corrected chi connectivity index (χ1v) is 19.0. The number of carbonyl (C=O) groups is 6. The number of carbonyl (C=O) groups excluding carboxylic acids is 6. The molecule has 1 aliphatic heterocycles. The van der Waals surface area contributed by atoms with E-state index in [4.69, 9.17) is 4.74 Å². The molecule has 0 spiro atoms. The van der Waals surface area contributed by atoms with Crippen molar-refractivity contribution in [3.05, 3.63) is 0 Å². The third-order valence-electron chi connectivity index (χ3n) is 9.17. The SMILES string of the molecule is CCCCCCCCCC1CC(=O)N[C@H](CC(C)C)C(=O)NC(CO)C(=O)N[C@@H]([C@@H](C)O)C(=O)N[C@H](CC(C)C)C(=O)NC([C@@H](C)CC)C(=O)O1. The first-order valence-electron chi connectivity index (χ1n) is 19.0. The summed E-state index contributed by atoms with van der Waals surface area (Å²) in [4.78, 5) is 81.1. The molecule has 0 bridgehead atoms. The van der Waals surface area contributed by atoms with Crippen LogP contribution in [0.25, 0.3) is 0 Å². The predicted molar refractivity (Wildman–Crippen MR) is 194 cm³/mol.